The number of hydrogen-bond acceptors (Lipinski definition) is 5. The molecule has 0 aliphatic carbocycles. The van der Waals surface area contributed by atoms with Crippen LogP contribution < -0.4 is 15.3 Å². The summed E-state index contributed by atoms with van der Waals surface area (Å²) in [5.41, 5.74) is 0.0260. The summed E-state index contributed by atoms with van der Waals surface area (Å²) in [6.45, 7) is 0.00490. The second-order valence-corrected chi connectivity index (χ2v) is 4.42. The van der Waals surface area contributed by atoms with Gasteiger partial charge in [-0.05, 0) is 12.1 Å². The number of methoxy groups -OCH3 is 1. The highest BCUT2D eigenvalue weighted by Gasteiger charge is 2.33. The Morgan fingerprint density at radius 1 is 1.43 bits per heavy atom. The van der Waals surface area contributed by atoms with Gasteiger partial charge in [-0.15, -0.1) is 0 Å². The van der Waals surface area contributed by atoms with E-state index < -0.39 is 11.7 Å². The fraction of sp³-hybridized carbons (Fsp3) is 0.231. The van der Waals surface area contributed by atoms with E-state index in [2.05, 4.69) is 5.10 Å². The summed E-state index contributed by atoms with van der Waals surface area (Å²) in [6.07, 6.45) is 0. The molecule has 1 aromatic heterocycles. The van der Waals surface area contributed by atoms with Crippen LogP contribution in [0.25, 0.3) is 0 Å². The van der Waals surface area contributed by atoms with Crippen LogP contribution in [0.5, 0.6) is 5.75 Å². The molecule has 0 bridgehead atoms. The Bertz CT molecular complexity index is 814. The normalized spacial score (nSPS) is 13.1. The molecule has 0 spiro atoms. The smallest absolute Gasteiger partial charge is 0.355 e. The molecule has 1 aromatic carbocycles. The third-order valence-electron chi connectivity index (χ3n) is 3.21. The maximum atomic E-state index is 12.3. The van der Waals surface area contributed by atoms with Crippen molar-refractivity contribution in [3.05, 3.63) is 40.6 Å². The molecule has 21 heavy (non-hydrogen) atoms. The number of amides is 1. The number of anilines is 1. The topological polar surface area (TPSA) is 93.2 Å². The van der Waals surface area contributed by atoms with Gasteiger partial charge in [-0.25, -0.2) is 9.59 Å². The Labute approximate surface area is 119 Å². The van der Waals surface area contributed by atoms with Crippen molar-refractivity contribution in [2.24, 2.45) is 0 Å². The molecule has 0 saturated heterocycles. The van der Waals surface area contributed by atoms with Crippen LogP contribution in [0, 0.1) is 11.3 Å². The van der Waals surface area contributed by atoms with Gasteiger partial charge in [-0.2, -0.15) is 19.6 Å². The minimum Gasteiger partial charge on any atom is -0.497 e. The molecule has 8 nitrogen and oxygen atoms in total. The van der Waals surface area contributed by atoms with Crippen molar-refractivity contribution in [1.82, 2.24) is 14.3 Å². The molecule has 0 N–H and O–H groups in total. The Morgan fingerprint density at radius 3 is 2.90 bits per heavy atom. The predicted octanol–water partition coefficient (Wildman–Crippen LogP) is 0.565. The number of nitriles is 1. The molecule has 0 radical (unpaired) electrons. The molecule has 8 heteroatoms. The summed E-state index contributed by atoms with van der Waals surface area (Å²) >= 11 is 0. The van der Waals surface area contributed by atoms with Gasteiger partial charge in [0.25, 0.3) is 0 Å². The molecular formula is C13H11N5O3. The Balaban J connectivity index is 1.98. The lowest BCUT2D eigenvalue weighted by Gasteiger charge is -2.15. The first kappa shape index (κ1) is 12.9. The standard InChI is InChI=1S/C13H11N5O3/c1-21-10-4-2-3-9(7-10)16-8-11-15-17(6-5-14)13(20)18(11)12(16)19/h2-4,7H,6,8H2,1H3. The fourth-order valence-electron chi connectivity index (χ4n) is 2.23. The lowest BCUT2D eigenvalue weighted by Crippen LogP contribution is -2.34. The molecular weight excluding hydrogens is 274 g/mol. The molecule has 1 amide bonds. The molecule has 1 aliphatic heterocycles. The first-order chi connectivity index (χ1) is 10.2. The van der Waals surface area contributed by atoms with Crippen molar-refractivity contribution in [2.75, 3.05) is 12.0 Å². The largest absolute Gasteiger partial charge is 0.497 e. The number of nitrogens with zero attached hydrogens (tertiary/aromatic N) is 5. The number of carbonyl (C=O) groups is 1. The molecule has 106 valence electrons. The van der Waals surface area contributed by atoms with Gasteiger partial charge in [0.05, 0.1) is 19.7 Å². The second-order valence-electron chi connectivity index (χ2n) is 4.42. The van der Waals surface area contributed by atoms with Crippen LogP contribution in [0.4, 0.5) is 10.5 Å². The number of fused-ring (bicyclic) bond motifs is 1. The van der Waals surface area contributed by atoms with Gasteiger partial charge in [-0.3, -0.25) is 4.90 Å². The van der Waals surface area contributed by atoms with Crippen molar-refractivity contribution in [3.8, 4) is 11.8 Å². The summed E-state index contributed by atoms with van der Waals surface area (Å²) in [5, 5.41) is 12.6. The average Bonchev–Trinajstić information content (AvgIpc) is 2.98. The van der Waals surface area contributed by atoms with Gasteiger partial charge in [0.15, 0.2) is 5.82 Å². The van der Waals surface area contributed by atoms with Crippen molar-refractivity contribution >= 4 is 11.7 Å². The summed E-state index contributed by atoms with van der Waals surface area (Å²) in [4.78, 5) is 25.8. The highest BCUT2D eigenvalue weighted by atomic mass is 16.5. The molecule has 0 fully saturated rings. The Morgan fingerprint density at radius 2 is 2.24 bits per heavy atom. The first-order valence-electron chi connectivity index (χ1n) is 6.17. The molecule has 0 saturated carbocycles. The molecule has 3 rings (SSSR count). The highest BCUT2D eigenvalue weighted by molar-refractivity contribution is 5.96. The van der Waals surface area contributed by atoms with E-state index in [1.165, 1.54) is 12.0 Å². The van der Waals surface area contributed by atoms with Gasteiger partial charge in [0.2, 0.25) is 0 Å². The number of aromatic nitrogens is 3. The van der Waals surface area contributed by atoms with Crippen LogP contribution in [0.1, 0.15) is 5.82 Å². The Kier molecular flexibility index (Phi) is 2.95. The van der Waals surface area contributed by atoms with E-state index in [0.717, 1.165) is 9.25 Å². The van der Waals surface area contributed by atoms with E-state index in [9.17, 15) is 9.59 Å². The van der Waals surface area contributed by atoms with Gasteiger partial charge in [0.1, 0.15) is 12.3 Å². The minimum absolute atomic E-state index is 0.175. The van der Waals surface area contributed by atoms with Crippen LogP contribution >= 0.6 is 0 Å². The summed E-state index contributed by atoms with van der Waals surface area (Å²) in [6, 6.07) is 8.34. The van der Waals surface area contributed by atoms with Crippen molar-refractivity contribution in [3.63, 3.8) is 0 Å². The SMILES string of the molecule is COc1cccc(N2Cc3nn(CC#N)c(=O)n3C2=O)c1. The molecule has 1 aliphatic rings. The third kappa shape index (κ3) is 1.95. The molecule has 0 unspecified atom stereocenters. The van der Waals surface area contributed by atoms with Crippen LogP contribution in [-0.4, -0.2) is 27.5 Å². The zero-order chi connectivity index (χ0) is 15.0. The van der Waals surface area contributed by atoms with Crippen molar-refractivity contribution < 1.29 is 9.53 Å². The van der Waals surface area contributed by atoms with E-state index in [1.54, 1.807) is 24.3 Å². The van der Waals surface area contributed by atoms with Crippen LogP contribution in [0.3, 0.4) is 0 Å². The summed E-state index contributed by atoms with van der Waals surface area (Å²) in [7, 11) is 1.54. The van der Waals surface area contributed by atoms with E-state index in [-0.39, 0.29) is 13.1 Å². The van der Waals surface area contributed by atoms with Crippen LogP contribution in [0.2, 0.25) is 0 Å². The van der Waals surface area contributed by atoms with Crippen molar-refractivity contribution in [1.29, 1.82) is 5.26 Å². The van der Waals surface area contributed by atoms with Gasteiger partial charge < -0.3 is 4.74 Å². The van der Waals surface area contributed by atoms with Gasteiger partial charge in [0, 0.05) is 11.8 Å². The predicted molar refractivity (Wildman–Crippen MR) is 72.1 cm³/mol. The number of carbonyl (C=O) groups excluding carboxylic acids is 1. The summed E-state index contributed by atoms with van der Waals surface area (Å²) < 4.78 is 7.09. The minimum atomic E-state index is -0.595. The van der Waals surface area contributed by atoms with E-state index in [4.69, 9.17) is 10.00 Å². The molecule has 2 heterocycles. The maximum Gasteiger partial charge on any atom is 0.355 e. The van der Waals surface area contributed by atoms with E-state index >= 15 is 0 Å². The third-order valence-corrected chi connectivity index (χ3v) is 3.21. The van der Waals surface area contributed by atoms with Crippen LogP contribution in [0.15, 0.2) is 29.1 Å². The average molecular weight is 285 g/mol. The summed E-state index contributed by atoms with van der Waals surface area (Å²) in [5.74, 6) is 0.940. The lowest BCUT2D eigenvalue weighted by molar-refractivity contribution is 0.250. The molecule has 0 atom stereocenters. The first-order valence-corrected chi connectivity index (χ1v) is 6.17. The Hall–Kier alpha value is -3.08. The monoisotopic (exact) mass is 285 g/mol. The zero-order valence-electron chi connectivity index (χ0n) is 11.2. The van der Waals surface area contributed by atoms with E-state index in [0.29, 0.717) is 17.3 Å². The number of hydrogen-bond donors (Lipinski definition) is 0. The van der Waals surface area contributed by atoms with Crippen molar-refractivity contribution in [2.45, 2.75) is 13.1 Å². The second kappa shape index (κ2) is 4.79. The highest BCUT2D eigenvalue weighted by Crippen LogP contribution is 2.25. The zero-order valence-corrected chi connectivity index (χ0v) is 11.2. The fourth-order valence-corrected chi connectivity index (χ4v) is 2.23. The van der Waals surface area contributed by atoms with Crippen LogP contribution in [-0.2, 0) is 13.1 Å². The quantitative estimate of drug-likeness (QED) is 0.821. The lowest BCUT2D eigenvalue weighted by atomic mass is 10.3. The van der Waals surface area contributed by atoms with Gasteiger partial charge in [-0.1, -0.05) is 6.07 Å². The number of ether oxygens (including phenoxy) is 1. The van der Waals surface area contributed by atoms with Gasteiger partial charge >= 0.3 is 11.7 Å². The molecule has 2 aromatic rings. The number of rotatable bonds is 3. The van der Waals surface area contributed by atoms with E-state index in [1.807, 2.05) is 6.07 Å². The maximum absolute atomic E-state index is 12.3. The number of benzene rings is 1.